The minimum absolute atomic E-state index is 0.119. The van der Waals surface area contributed by atoms with Crippen molar-refractivity contribution in [1.29, 1.82) is 0 Å². The van der Waals surface area contributed by atoms with Gasteiger partial charge in [0.2, 0.25) is 5.91 Å². The van der Waals surface area contributed by atoms with Crippen LogP contribution in [0.2, 0.25) is 0 Å². The average molecular weight is 372 g/mol. The summed E-state index contributed by atoms with van der Waals surface area (Å²) >= 11 is 0. The van der Waals surface area contributed by atoms with Crippen molar-refractivity contribution in [3.8, 4) is 0 Å². The van der Waals surface area contributed by atoms with E-state index in [2.05, 4.69) is 50.4 Å². The standard InChI is InChI=1S/C23H33NO3/c1-15-5-7-16(8-6-15)20-18-13-17-14-23(18,10-12-27-20)21(22(17,2)3)24-19(25)9-11-26-4/h5-8,17-18,20-21H,9-14H2,1-4H3,(H,24,25)/t17-,18-,20-,21+,23?/m1/s1. The molecule has 1 saturated heterocycles. The van der Waals surface area contributed by atoms with Gasteiger partial charge in [-0.25, -0.2) is 0 Å². The molecule has 1 aromatic carbocycles. The third-order valence-electron chi connectivity index (χ3n) is 7.75. The van der Waals surface area contributed by atoms with Gasteiger partial charge in [0.25, 0.3) is 0 Å². The van der Waals surface area contributed by atoms with Gasteiger partial charge in [0.1, 0.15) is 0 Å². The smallest absolute Gasteiger partial charge is 0.222 e. The summed E-state index contributed by atoms with van der Waals surface area (Å²) in [6, 6.07) is 9.03. The lowest BCUT2D eigenvalue weighted by Gasteiger charge is -2.53. The van der Waals surface area contributed by atoms with E-state index in [1.807, 2.05) is 0 Å². The van der Waals surface area contributed by atoms with Gasteiger partial charge in [-0.05, 0) is 54.4 Å². The number of hydrogen-bond acceptors (Lipinski definition) is 3. The van der Waals surface area contributed by atoms with E-state index in [4.69, 9.17) is 9.47 Å². The van der Waals surface area contributed by atoms with E-state index in [0.717, 1.165) is 13.0 Å². The van der Waals surface area contributed by atoms with Crippen LogP contribution in [0.1, 0.15) is 56.8 Å². The highest BCUT2D eigenvalue weighted by atomic mass is 16.5. The second-order valence-corrected chi connectivity index (χ2v) is 9.49. The van der Waals surface area contributed by atoms with E-state index in [9.17, 15) is 4.79 Å². The molecule has 1 amide bonds. The molecule has 4 rings (SSSR count). The molecule has 148 valence electrons. The molecule has 1 aromatic rings. The van der Waals surface area contributed by atoms with Crippen molar-refractivity contribution in [3.05, 3.63) is 35.4 Å². The Hall–Kier alpha value is -1.39. The Kier molecular flexibility index (Phi) is 4.84. The van der Waals surface area contributed by atoms with E-state index in [1.54, 1.807) is 7.11 Å². The Labute approximate surface area is 163 Å². The summed E-state index contributed by atoms with van der Waals surface area (Å²) in [6.45, 7) is 8.08. The summed E-state index contributed by atoms with van der Waals surface area (Å²) in [5.41, 5.74) is 2.86. The molecule has 0 radical (unpaired) electrons. The first-order valence-corrected chi connectivity index (χ1v) is 10.3. The van der Waals surface area contributed by atoms with Crippen molar-refractivity contribution < 1.29 is 14.3 Å². The lowest BCUT2D eigenvalue weighted by Crippen LogP contribution is -2.59. The lowest BCUT2D eigenvalue weighted by atomic mass is 9.59. The van der Waals surface area contributed by atoms with Gasteiger partial charge in [-0.3, -0.25) is 4.79 Å². The summed E-state index contributed by atoms with van der Waals surface area (Å²) in [5, 5.41) is 3.43. The zero-order valence-electron chi connectivity index (χ0n) is 17.1. The molecule has 1 spiro atoms. The molecule has 0 aromatic heterocycles. The molecular weight excluding hydrogens is 338 g/mol. The molecule has 4 nitrogen and oxygen atoms in total. The van der Waals surface area contributed by atoms with Crippen molar-refractivity contribution in [2.75, 3.05) is 20.3 Å². The maximum absolute atomic E-state index is 12.6. The van der Waals surface area contributed by atoms with Gasteiger partial charge in [-0.1, -0.05) is 43.7 Å². The van der Waals surface area contributed by atoms with Crippen LogP contribution in [-0.2, 0) is 14.3 Å². The zero-order valence-corrected chi connectivity index (χ0v) is 17.1. The van der Waals surface area contributed by atoms with Gasteiger partial charge >= 0.3 is 0 Å². The molecule has 1 heterocycles. The minimum Gasteiger partial charge on any atom is -0.384 e. The van der Waals surface area contributed by atoms with Gasteiger partial charge in [-0.2, -0.15) is 0 Å². The Morgan fingerprint density at radius 3 is 2.74 bits per heavy atom. The van der Waals surface area contributed by atoms with Crippen molar-refractivity contribution in [2.24, 2.45) is 22.7 Å². The number of hydrogen-bond donors (Lipinski definition) is 1. The first-order valence-electron chi connectivity index (χ1n) is 10.3. The molecule has 5 atom stereocenters. The van der Waals surface area contributed by atoms with E-state index in [1.165, 1.54) is 24.0 Å². The number of ether oxygens (including phenoxy) is 2. The van der Waals surface area contributed by atoms with E-state index < -0.39 is 0 Å². The van der Waals surface area contributed by atoms with Crippen LogP contribution < -0.4 is 5.32 Å². The number of carbonyl (C=O) groups is 1. The summed E-state index contributed by atoms with van der Waals surface area (Å²) in [4.78, 5) is 12.6. The molecule has 2 aliphatic carbocycles. The SMILES string of the molecule is COCCC(=O)N[C@H]1C(C)(C)[C@@H]2C[C@@H]3[C@@H](c4ccc(C)cc4)OCCC31C2. The molecule has 2 saturated carbocycles. The summed E-state index contributed by atoms with van der Waals surface area (Å²) < 4.78 is 11.4. The Morgan fingerprint density at radius 2 is 2.04 bits per heavy atom. The number of methoxy groups -OCH3 is 1. The van der Waals surface area contributed by atoms with Crippen LogP contribution in [0.3, 0.4) is 0 Å². The van der Waals surface area contributed by atoms with Gasteiger partial charge < -0.3 is 14.8 Å². The summed E-state index contributed by atoms with van der Waals surface area (Å²) in [7, 11) is 1.65. The van der Waals surface area contributed by atoms with Gasteiger partial charge in [0.05, 0.1) is 12.7 Å². The molecule has 2 bridgehead atoms. The Balaban J connectivity index is 1.62. The second-order valence-electron chi connectivity index (χ2n) is 9.49. The number of rotatable bonds is 5. The highest BCUT2D eigenvalue weighted by Gasteiger charge is 2.68. The van der Waals surface area contributed by atoms with Crippen molar-refractivity contribution >= 4 is 5.91 Å². The quantitative estimate of drug-likeness (QED) is 0.850. The maximum atomic E-state index is 12.6. The molecule has 3 fully saturated rings. The van der Waals surface area contributed by atoms with Crippen molar-refractivity contribution in [1.82, 2.24) is 5.32 Å². The molecule has 3 aliphatic rings. The van der Waals surface area contributed by atoms with Crippen LogP contribution >= 0.6 is 0 Å². The number of amides is 1. The highest BCUT2D eigenvalue weighted by molar-refractivity contribution is 5.76. The summed E-state index contributed by atoms with van der Waals surface area (Å²) in [5.74, 6) is 1.25. The highest BCUT2D eigenvalue weighted by Crippen LogP contribution is 2.70. The molecular formula is C23H33NO3. The fraction of sp³-hybridized carbons (Fsp3) is 0.696. The normalized spacial score (nSPS) is 36.4. The Morgan fingerprint density at radius 1 is 1.30 bits per heavy atom. The maximum Gasteiger partial charge on any atom is 0.222 e. The van der Waals surface area contributed by atoms with Gasteiger partial charge in [0, 0.05) is 26.2 Å². The van der Waals surface area contributed by atoms with Gasteiger partial charge in [-0.15, -0.1) is 0 Å². The number of carbonyl (C=O) groups excluding carboxylic acids is 1. The molecule has 1 N–H and O–H groups in total. The molecule has 27 heavy (non-hydrogen) atoms. The van der Waals surface area contributed by atoms with E-state index in [0.29, 0.717) is 24.9 Å². The third-order valence-corrected chi connectivity index (χ3v) is 7.75. The van der Waals surface area contributed by atoms with Crippen LogP contribution in [0.15, 0.2) is 24.3 Å². The van der Waals surface area contributed by atoms with Crippen LogP contribution in [0, 0.1) is 29.6 Å². The Bertz CT molecular complexity index is 698. The van der Waals surface area contributed by atoms with E-state index >= 15 is 0 Å². The fourth-order valence-electron chi connectivity index (χ4n) is 6.30. The number of benzene rings is 1. The average Bonchev–Trinajstić information content (AvgIpc) is 3.13. The van der Waals surface area contributed by atoms with Crippen LogP contribution in [-0.4, -0.2) is 32.3 Å². The first kappa shape index (κ1) is 18.9. The fourth-order valence-corrected chi connectivity index (χ4v) is 6.30. The molecule has 1 unspecified atom stereocenters. The molecule has 4 heteroatoms. The monoisotopic (exact) mass is 371 g/mol. The second kappa shape index (κ2) is 6.89. The molecule has 1 aliphatic heterocycles. The topological polar surface area (TPSA) is 47.6 Å². The van der Waals surface area contributed by atoms with Crippen molar-refractivity contribution in [2.45, 2.75) is 58.6 Å². The summed E-state index contributed by atoms with van der Waals surface area (Å²) in [6.07, 6.45) is 4.06. The van der Waals surface area contributed by atoms with Crippen LogP contribution in [0.5, 0.6) is 0 Å². The largest absolute Gasteiger partial charge is 0.384 e. The predicted molar refractivity (Wildman–Crippen MR) is 105 cm³/mol. The van der Waals surface area contributed by atoms with Crippen LogP contribution in [0.4, 0.5) is 0 Å². The third kappa shape index (κ3) is 3.01. The van der Waals surface area contributed by atoms with Crippen LogP contribution in [0.25, 0.3) is 0 Å². The zero-order chi connectivity index (χ0) is 19.2. The van der Waals surface area contributed by atoms with E-state index in [-0.39, 0.29) is 28.9 Å². The first-order chi connectivity index (χ1) is 12.9. The lowest BCUT2D eigenvalue weighted by molar-refractivity contribution is -0.137. The number of nitrogens with one attached hydrogen (secondary N) is 1. The van der Waals surface area contributed by atoms with Gasteiger partial charge in [0.15, 0.2) is 0 Å². The minimum atomic E-state index is 0.119. The predicted octanol–water partition coefficient (Wildman–Crippen LogP) is 4.03. The number of fused-ring (bicyclic) bond motifs is 1. The number of aryl methyl sites for hydroxylation is 1. The van der Waals surface area contributed by atoms with Crippen molar-refractivity contribution in [3.63, 3.8) is 0 Å².